The Morgan fingerprint density at radius 2 is 0.947 bits per heavy atom. The quantitative estimate of drug-likeness (QED) is 0.0234. The van der Waals surface area contributed by atoms with E-state index in [1.165, 1.54) is 77.0 Å². The first-order valence-corrected chi connectivity index (χ1v) is 22.7. The average Bonchev–Trinajstić information content (AvgIpc) is 3.20. The summed E-state index contributed by atoms with van der Waals surface area (Å²) in [7, 11) is 0. The van der Waals surface area contributed by atoms with Gasteiger partial charge in [0.25, 0.3) is 0 Å². The molecule has 2 rings (SSSR count). The molecule has 57 heavy (non-hydrogen) atoms. The lowest BCUT2D eigenvalue weighted by molar-refractivity contribution is -0.376. The van der Waals surface area contributed by atoms with E-state index >= 15 is 0 Å². The van der Waals surface area contributed by atoms with Gasteiger partial charge in [0, 0.05) is 0 Å². The normalized spacial score (nSPS) is 29.2. The van der Waals surface area contributed by atoms with E-state index in [1.54, 1.807) is 0 Å². The summed E-state index contributed by atoms with van der Waals surface area (Å²) in [5.41, 5.74) is 0. The van der Waals surface area contributed by atoms with Crippen molar-refractivity contribution in [3.8, 4) is 0 Å². The Hall–Kier alpha value is -1.23. The van der Waals surface area contributed by atoms with Gasteiger partial charge in [-0.25, -0.2) is 0 Å². The van der Waals surface area contributed by atoms with Crippen LogP contribution in [0.1, 0.15) is 174 Å². The van der Waals surface area contributed by atoms with Crippen molar-refractivity contribution in [1.29, 1.82) is 0 Å². The topological polar surface area (TPSA) is 216 Å². The van der Waals surface area contributed by atoms with Crippen molar-refractivity contribution >= 4 is 5.97 Å². The van der Waals surface area contributed by atoms with Crippen molar-refractivity contribution in [2.75, 3.05) is 13.2 Å². The molecule has 0 aliphatic carbocycles. The zero-order valence-corrected chi connectivity index (χ0v) is 35.3. The van der Waals surface area contributed by atoms with Gasteiger partial charge in [0.1, 0.15) is 55.4 Å². The highest BCUT2D eigenvalue weighted by Gasteiger charge is 2.50. The number of esters is 1. The number of hydrogen-bond acceptors (Lipinski definition) is 13. The minimum atomic E-state index is -1.82. The fourth-order valence-electron chi connectivity index (χ4n) is 7.69. The van der Waals surface area contributed by atoms with Gasteiger partial charge >= 0.3 is 5.97 Å². The first kappa shape index (κ1) is 51.9. The predicted molar refractivity (Wildman–Crippen MR) is 218 cm³/mol. The van der Waals surface area contributed by atoms with Crippen molar-refractivity contribution in [1.82, 2.24) is 0 Å². The molecule has 0 radical (unpaired) electrons. The summed E-state index contributed by atoms with van der Waals surface area (Å²) in [5.74, 6) is -1.43. The summed E-state index contributed by atoms with van der Waals surface area (Å²) in [6.45, 7) is 3.22. The van der Waals surface area contributed by atoms with Gasteiger partial charge in [-0.15, -0.1) is 0 Å². The zero-order chi connectivity index (χ0) is 41.8. The first-order chi connectivity index (χ1) is 27.6. The van der Waals surface area contributed by atoms with Gasteiger partial charge in [-0.2, -0.15) is 0 Å². The second kappa shape index (κ2) is 31.6. The predicted octanol–water partition coefficient (Wildman–Crippen LogP) is 5.48. The highest BCUT2D eigenvalue weighted by Crippen LogP contribution is 2.29. The Morgan fingerprint density at radius 3 is 1.44 bits per heavy atom. The van der Waals surface area contributed by atoms with Crippen LogP contribution < -0.4 is 0 Å². The van der Waals surface area contributed by atoms with Crippen molar-refractivity contribution in [3.63, 3.8) is 0 Å². The van der Waals surface area contributed by atoms with E-state index in [4.69, 9.17) is 18.9 Å². The lowest BCUT2D eigenvalue weighted by Gasteiger charge is -2.44. The molecule has 0 aromatic heterocycles. The van der Waals surface area contributed by atoms with Crippen molar-refractivity contribution in [3.05, 3.63) is 12.2 Å². The van der Waals surface area contributed by atoms with Crippen LogP contribution in [-0.2, 0) is 23.7 Å². The maximum Gasteiger partial charge on any atom is 0.311 e. The van der Waals surface area contributed by atoms with Crippen molar-refractivity contribution in [2.45, 2.75) is 242 Å². The molecule has 0 spiro atoms. The Bertz CT molecular complexity index is 1010. The molecule has 336 valence electrons. The van der Waals surface area contributed by atoms with Gasteiger partial charge in [0.15, 0.2) is 12.6 Å². The van der Waals surface area contributed by atoms with Crippen LogP contribution >= 0.6 is 0 Å². The Morgan fingerprint density at radius 1 is 0.544 bits per heavy atom. The third-order valence-corrected chi connectivity index (χ3v) is 11.6. The maximum absolute atomic E-state index is 13.5. The summed E-state index contributed by atoms with van der Waals surface area (Å²) in [6, 6.07) is 0. The third-order valence-electron chi connectivity index (χ3n) is 11.6. The molecule has 8 N–H and O–H groups in total. The van der Waals surface area contributed by atoms with Gasteiger partial charge < -0.3 is 59.8 Å². The smallest absolute Gasteiger partial charge is 0.311 e. The number of rotatable bonds is 33. The lowest BCUT2D eigenvalue weighted by Crippen LogP contribution is -2.63. The van der Waals surface area contributed by atoms with Gasteiger partial charge in [0.05, 0.1) is 18.6 Å². The van der Waals surface area contributed by atoms with Crippen LogP contribution in [-0.4, -0.2) is 128 Å². The SMILES string of the molecule is CCCCCC/C=C/CCCCCCCC(O)C(CCCCCCCCCCCCCC)C(=O)OC[C@H]1O[C@H](O[C@H]2O[C@H](CO)[C@@H](O)[C@H](O)[C@H]2O)[C@H](O)[C@@H](O)[C@@H]1O. The number of unbranched alkanes of at least 4 members (excludes halogenated alkanes) is 20. The molecular weight excluding hydrogens is 736 g/mol. The molecule has 12 atom stereocenters. The van der Waals surface area contributed by atoms with Crippen LogP contribution in [0.25, 0.3) is 0 Å². The summed E-state index contributed by atoms with van der Waals surface area (Å²) in [6.07, 6.45) is 14.6. The van der Waals surface area contributed by atoms with E-state index in [9.17, 15) is 45.6 Å². The minimum absolute atomic E-state index is 0.445. The van der Waals surface area contributed by atoms with Crippen molar-refractivity contribution in [2.24, 2.45) is 5.92 Å². The number of ether oxygens (including phenoxy) is 4. The molecule has 0 saturated carbocycles. The molecule has 0 aromatic rings. The lowest BCUT2D eigenvalue weighted by atomic mass is 9.91. The number of aliphatic hydroxyl groups is 8. The van der Waals surface area contributed by atoms with Crippen LogP contribution in [0.5, 0.6) is 0 Å². The molecule has 2 aliphatic rings. The monoisotopic (exact) mass is 819 g/mol. The number of carbonyl (C=O) groups excluding carboxylic acids is 1. The Kier molecular flexibility index (Phi) is 28.8. The molecule has 2 saturated heterocycles. The zero-order valence-electron chi connectivity index (χ0n) is 35.3. The molecule has 2 aliphatic heterocycles. The maximum atomic E-state index is 13.5. The molecule has 0 bridgehead atoms. The van der Waals surface area contributed by atoms with Crippen LogP contribution in [0.4, 0.5) is 0 Å². The van der Waals surface area contributed by atoms with Crippen LogP contribution in [0.3, 0.4) is 0 Å². The number of carbonyl (C=O) groups is 1. The van der Waals surface area contributed by atoms with E-state index in [1.807, 2.05) is 0 Å². The third kappa shape index (κ3) is 20.3. The van der Waals surface area contributed by atoms with Crippen LogP contribution in [0, 0.1) is 5.92 Å². The van der Waals surface area contributed by atoms with E-state index in [0.29, 0.717) is 12.8 Å². The number of allylic oxidation sites excluding steroid dienone is 2. The van der Waals surface area contributed by atoms with Gasteiger partial charge in [-0.1, -0.05) is 148 Å². The summed E-state index contributed by atoms with van der Waals surface area (Å²) >= 11 is 0. The van der Waals surface area contributed by atoms with Gasteiger partial charge in [0.2, 0.25) is 0 Å². The summed E-state index contributed by atoms with van der Waals surface area (Å²) < 4.78 is 22.1. The minimum Gasteiger partial charge on any atom is -0.463 e. The van der Waals surface area contributed by atoms with Gasteiger partial charge in [-0.05, 0) is 38.5 Å². The standard InChI is InChI=1S/C44H82O13/c1-3-5-7-9-11-13-15-17-19-21-23-25-27-29-33(46)32(28-26-24-22-20-18-16-14-12-10-8-6-4-2)42(53)54-31-35-37(48)39(50)41(52)44(56-35)57-43-40(51)38(49)36(47)34(30-45)55-43/h13,15,32-41,43-52H,3-12,14,16-31H2,1-2H3/b15-13+/t32?,33?,34-,35-,36-,37-,38+,39+,40-,41-,43-,44-/m1/s1. The molecule has 13 heteroatoms. The van der Waals surface area contributed by atoms with E-state index < -0.39 is 92.6 Å². The molecule has 2 fully saturated rings. The van der Waals surface area contributed by atoms with E-state index in [-0.39, 0.29) is 0 Å². The largest absolute Gasteiger partial charge is 0.463 e. The molecule has 2 heterocycles. The molecule has 13 nitrogen and oxygen atoms in total. The second-order valence-corrected chi connectivity index (χ2v) is 16.5. The molecule has 0 amide bonds. The molecule has 0 aromatic carbocycles. The fourth-order valence-corrected chi connectivity index (χ4v) is 7.69. The Balaban J connectivity index is 1.88. The average molecular weight is 819 g/mol. The highest BCUT2D eigenvalue weighted by molar-refractivity contribution is 5.73. The van der Waals surface area contributed by atoms with Crippen LogP contribution in [0.2, 0.25) is 0 Å². The van der Waals surface area contributed by atoms with Crippen LogP contribution in [0.15, 0.2) is 12.2 Å². The Labute approximate surface area is 343 Å². The van der Waals surface area contributed by atoms with E-state index in [2.05, 4.69) is 26.0 Å². The highest BCUT2D eigenvalue weighted by atomic mass is 16.8. The number of hydrogen-bond donors (Lipinski definition) is 8. The number of aliphatic hydroxyl groups excluding tert-OH is 8. The fraction of sp³-hybridized carbons (Fsp3) is 0.932. The molecule has 2 unspecified atom stereocenters. The van der Waals surface area contributed by atoms with E-state index in [0.717, 1.165) is 70.6 Å². The summed E-state index contributed by atoms with van der Waals surface area (Å²) in [5, 5.41) is 83.2. The van der Waals surface area contributed by atoms with Gasteiger partial charge in [-0.3, -0.25) is 4.79 Å². The first-order valence-electron chi connectivity index (χ1n) is 22.7. The molecular formula is C44H82O13. The second-order valence-electron chi connectivity index (χ2n) is 16.5. The summed E-state index contributed by atoms with van der Waals surface area (Å²) in [4.78, 5) is 13.5. The van der Waals surface area contributed by atoms with Crippen molar-refractivity contribution < 1.29 is 64.6 Å².